The van der Waals surface area contributed by atoms with E-state index < -0.39 is 0 Å². The van der Waals surface area contributed by atoms with Crippen LogP contribution in [0.3, 0.4) is 0 Å². The first kappa shape index (κ1) is 14.7. The number of aryl methyl sites for hydroxylation is 1. The van der Waals surface area contributed by atoms with Gasteiger partial charge in [-0.25, -0.2) is 4.68 Å². The van der Waals surface area contributed by atoms with Crippen LogP contribution < -0.4 is 10.9 Å². The van der Waals surface area contributed by atoms with Gasteiger partial charge in [0.25, 0.3) is 5.56 Å². The molecule has 0 aliphatic heterocycles. The van der Waals surface area contributed by atoms with Crippen LogP contribution in [0.15, 0.2) is 22.3 Å². The number of methoxy groups -OCH3 is 1. The fourth-order valence-corrected chi connectivity index (χ4v) is 3.33. The molecule has 0 aliphatic carbocycles. The number of fused-ring (bicyclic) bond motifs is 3. The topological polar surface area (TPSA) is 77.6 Å². The summed E-state index contributed by atoms with van der Waals surface area (Å²) in [5.74, 6) is 0.417. The first-order chi connectivity index (χ1) is 10.6. The number of carbonyl (C=O) groups is 1. The largest absolute Gasteiger partial charge is 0.383 e. The number of nitrogens with zero attached hydrogens (tertiary/aromatic N) is 3. The minimum Gasteiger partial charge on any atom is -0.383 e. The van der Waals surface area contributed by atoms with E-state index in [-0.39, 0.29) is 18.0 Å². The van der Waals surface area contributed by atoms with Crippen molar-refractivity contribution in [1.82, 2.24) is 19.5 Å². The SMILES string of the molecule is COCCNC(=O)Cn1nc(C)n2c(cc3ccsc32)c1=O. The number of ether oxygens (including phenoxy) is 1. The summed E-state index contributed by atoms with van der Waals surface area (Å²) in [6.07, 6.45) is 0. The monoisotopic (exact) mass is 320 g/mol. The summed E-state index contributed by atoms with van der Waals surface area (Å²) < 4.78 is 7.91. The van der Waals surface area contributed by atoms with E-state index in [0.29, 0.717) is 24.5 Å². The predicted molar refractivity (Wildman–Crippen MR) is 84.5 cm³/mol. The van der Waals surface area contributed by atoms with Crippen molar-refractivity contribution < 1.29 is 9.53 Å². The summed E-state index contributed by atoms with van der Waals surface area (Å²) in [5, 5.41) is 9.92. The second kappa shape index (κ2) is 5.90. The van der Waals surface area contributed by atoms with E-state index in [2.05, 4.69) is 10.4 Å². The molecule has 7 nitrogen and oxygen atoms in total. The van der Waals surface area contributed by atoms with Gasteiger partial charge in [-0.1, -0.05) is 0 Å². The number of hydrogen-bond donors (Lipinski definition) is 1. The lowest BCUT2D eigenvalue weighted by Crippen LogP contribution is -2.36. The highest BCUT2D eigenvalue weighted by molar-refractivity contribution is 7.16. The number of rotatable bonds is 5. The van der Waals surface area contributed by atoms with Gasteiger partial charge in [-0.3, -0.25) is 14.0 Å². The van der Waals surface area contributed by atoms with Crippen molar-refractivity contribution in [3.05, 3.63) is 33.7 Å². The molecule has 0 radical (unpaired) electrons. The maximum Gasteiger partial charge on any atom is 0.291 e. The summed E-state index contributed by atoms with van der Waals surface area (Å²) in [4.78, 5) is 25.3. The lowest BCUT2D eigenvalue weighted by molar-refractivity contribution is -0.122. The fraction of sp³-hybridized carbons (Fsp3) is 0.357. The first-order valence-electron chi connectivity index (χ1n) is 6.84. The maximum absolute atomic E-state index is 12.5. The van der Waals surface area contributed by atoms with Gasteiger partial charge in [-0.2, -0.15) is 5.10 Å². The molecule has 0 bridgehead atoms. The molecule has 8 heteroatoms. The molecule has 3 rings (SSSR count). The molecule has 0 unspecified atom stereocenters. The first-order valence-corrected chi connectivity index (χ1v) is 7.72. The van der Waals surface area contributed by atoms with Crippen molar-refractivity contribution in [2.75, 3.05) is 20.3 Å². The smallest absolute Gasteiger partial charge is 0.291 e. The standard InChI is InChI=1S/C14H16N4O3S/c1-9-16-17(8-12(19)15-4-5-21-2)13(20)11-7-10-3-6-22-14(10)18(9)11/h3,6-7H,4-5,8H2,1-2H3,(H,15,19). The molecule has 22 heavy (non-hydrogen) atoms. The quantitative estimate of drug-likeness (QED) is 0.705. The van der Waals surface area contributed by atoms with E-state index >= 15 is 0 Å². The van der Waals surface area contributed by atoms with Gasteiger partial charge in [0.1, 0.15) is 22.7 Å². The number of amides is 1. The van der Waals surface area contributed by atoms with Crippen molar-refractivity contribution in [3.8, 4) is 0 Å². The van der Waals surface area contributed by atoms with Crippen LogP contribution in [0.4, 0.5) is 0 Å². The van der Waals surface area contributed by atoms with Crippen LogP contribution >= 0.6 is 11.3 Å². The zero-order chi connectivity index (χ0) is 15.7. The van der Waals surface area contributed by atoms with E-state index in [9.17, 15) is 9.59 Å². The number of nitrogens with one attached hydrogen (secondary N) is 1. The van der Waals surface area contributed by atoms with E-state index in [1.165, 1.54) is 4.68 Å². The number of thiophene rings is 1. The highest BCUT2D eigenvalue weighted by Crippen LogP contribution is 2.24. The lowest BCUT2D eigenvalue weighted by atomic mass is 10.4. The average molecular weight is 320 g/mol. The van der Waals surface area contributed by atoms with Gasteiger partial charge in [-0.15, -0.1) is 11.3 Å². The molecule has 116 valence electrons. The molecule has 0 fully saturated rings. The van der Waals surface area contributed by atoms with Crippen LogP contribution in [-0.4, -0.2) is 40.3 Å². The second-order valence-corrected chi connectivity index (χ2v) is 5.79. The Kier molecular flexibility index (Phi) is 3.95. The summed E-state index contributed by atoms with van der Waals surface area (Å²) in [5.41, 5.74) is 0.273. The third-order valence-electron chi connectivity index (χ3n) is 3.37. The molecule has 0 saturated carbocycles. The van der Waals surface area contributed by atoms with E-state index in [4.69, 9.17) is 4.74 Å². The minimum atomic E-state index is -0.268. The molecule has 3 heterocycles. The molecule has 1 N–H and O–H groups in total. The highest BCUT2D eigenvalue weighted by Gasteiger charge is 2.14. The second-order valence-electron chi connectivity index (χ2n) is 4.90. The normalized spacial score (nSPS) is 11.4. The Morgan fingerprint density at radius 3 is 3.09 bits per heavy atom. The zero-order valence-electron chi connectivity index (χ0n) is 12.3. The molecule has 3 aromatic heterocycles. The van der Waals surface area contributed by atoms with Gasteiger partial charge in [0, 0.05) is 19.0 Å². The molecule has 1 amide bonds. The summed E-state index contributed by atoms with van der Waals surface area (Å²) >= 11 is 1.56. The third-order valence-corrected chi connectivity index (χ3v) is 4.29. The van der Waals surface area contributed by atoms with Crippen molar-refractivity contribution in [3.63, 3.8) is 0 Å². The molecule has 0 aliphatic rings. The van der Waals surface area contributed by atoms with Crippen LogP contribution in [-0.2, 0) is 16.1 Å². The van der Waals surface area contributed by atoms with Crippen LogP contribution in [0.2, 0.25) is 0 Å². The fourth-order valence-electron chi connectivity index (χ4n) is 2.39. The van der Waals surface area contributed by atoms with E-state index in [0.717, 1.165) is 10.2 Å². The molecule has 0 atom stereocenters. The van der Waals surface area contributed by atoms with Gasteiger partial charge >= 0.3 is 0 Å². The Hall–Kier alpha value is -2.19. The number of hydrogen-bond acceptors (Lipinski definition) is 5. The van der Waals surface area contributed by atoms with E-state index in [1.54, 1.807) is 18.4 Å². The Morgan fingerprint density at radius 1 is 1.50 bits per heavy atom. The highest BCUT2D eigenvalue weighted by atomic mass is 32.1. The maximum atomic E-state index is 12.5. The summed E-state index contributed by atoms with van der Waals surface area (Å²) in [7, 11) is 1.56. The average Bonchev–Trinajstić information content (AvgIpc) is 3.05. The van der Waals surface area contributed by atoms with Crippen LogP contribution in [0.1, 0.15) is 5.82 Å². The molecule has 3 aromatic rings. The Bertz CT molecular complexity index is 893. The number of aromatic nitrogens is 3. The minimum absolute atomic E-state index is 0.0985. The van der Waals surface area contributed by atoms with Crippen molar-refractivity contribution in [1.29, 1.82) is 0 Å². The summed E-state index contributed by atoms with van der Waals surface area (Å²) in [6, 6.07) is 3.80. The Labute approximate surface area is 130 Å². The van der Waals surface area contributed by atoms with Gasteiger partial charge in [0.05, 0.1) is 6.61 Å². The zero-order valence-corrected chi connectivity index (χ0v) is 13.1. The molecular formula is C14H16N4O3S. The van der Waals surface area contributed by atoms with Crippen LogP contribution in [0.25, 0.3) is 15.7 Å². The molecule has 0 spiro atoms. The van der Waals surface area contributed by atoms with E-state index in [1.807, 2.05) is 28.8 Å². The third kappa shape index (κ3) is 2.51. The van der Waals surface area contributed by atoms with Crippen LogP contribution in [0.5, 0.6) is 0 Å². The predicted octanol–water partition coefficient (Wildman–Crippen LogP) is 0.782. The lowest BCUT2D eigenvalue weighted by Gasteiger charge is -2.08. The van der Waals surface area contributed by atoms with Crippen molar-refractivity contribution in [2.45, 2.75) is 13.5 Å². The van der Waals surface area contributed by atoms with Gasteiger partial charge in [0.15, 0.2) is 0 Å². The Balaban J connectivity index is 1.96. The molecule has 0 aromatic carbocycles. The van der Waals surface area contributed by atoms with Gasteiger partial charge in [0.2, 0.25) is 5.91 Å². The number of carbonyl (C=O) groups excluding carboxylic acids is 1. The Morgan fingerprint density at radius 2 is 2.32 bits per heavy atom. The van der Waals surface area contributed by atoms with Crippen molar-refractivity contribution in [2.24, 2.45) is 0 Å². The van der Waals surface area contributed by atoms with Crippen molar-refractivity contribution >= 4 is 33.0 Å². The van der Waals surface area contributed by atoms with Crippen LogP contribution in [0, 0.1) is 6.92 Å². The van der Waals surface area contributed by atoms with Gasteiger partial charge < -0.3 is 10.1 Å². The van der Waals surface area contributed by atoms with Gasteiger partial charge in [-0.05, 0) is 24.4 Å². The molecular weight excluding hydrogens is 304 g/mol. The summed E-state index contributed by atoms with van der Waals surface area (Å²) in [6.45, 7) is 2.57. The molecule has 0 saturated heterocycles.